The molecule has 1 aliphatic heterocycles. The summed E-state index contributed by atoms with van der Waals surface area (Å²) in [6.45, 7) is 16.4. The molecular formula is C14H30N2. The fourth-order valence-corrected chi connectivity index (χ4v) is 2.58. The zero-order chi connectivity index (χ0) is 12.3. The van der Waals surface area contributed by atoms with Gasteiger partial charge >= 0.3 is 0 Å². The Balaban J connectivity index is 2.69. The number of hydrogen-bond acceptors (Lipinski definition) is 2. The van der Waals surface area contributed by atoms with Crippen LogP contribution in [0, 0.1) is 5.92 Å². The van der Waals surface area contributed by atoms with Gasteiger partial charge in [-0.2, -0.15) is 0 Å². The zero-order valence-corrected chi connectivity index (χ0v) is 12.0. The van der Waals surface area contributed by atoms with Gasteiger partial charge in [0.2, 0.25) is 0 Å². The molecule has 0 radical (unpaired) electrons. The van der Waals surface area contributed by atoms with E-state index in [0.717, 1.165) is 12.5 Å². The maximum Gasteiger partial charge on any atom is 0.0278 e. The first-order valence-electron chi connectivity index (χ1n) is 6.94. The quantitative estimate of drug-likeness (QED) is 0.793. The van der Waals surface area contributed by atoms with Crippen LogP contribution in [0.5, 0.6) is 0 Å². The molecule has 0 bridgehead atoms. The second-order valence-electron chi connectivity index (χ2n) is 5.94. The molecule has 4 unspecified atom stereocenters. The third-order valence-corrected chi connectivity index (χ3v) is 4.69. The highest BCUT2D eigenvalue weighted by atomic mass is 15.3. The second-order valence-corrected chi connectivity index (χ2v) is 5.94. The molecule has 0 aliphatic carbocycles. The minimum absolute atomic E-state index is 0.314. The molecule has 2 heteroatoms. The summed E-state index contributed by atoms with van der Waals surface area (Å²) in [7, 11) is 0. The molecule has 1 heterocycles. The molecule has 2 nitrogen and oxygen atoms in total. The molecule has 1 N–H and O–H groups in total. The number of nitrogens with one attached hydrogen (secondary N) is 1. The normalized spacial score (nSPS) is 36.0. The predicted molar refractivity (Wildman–Crippen MR) is 71.8 cm³/mol. The van der Waals surface area contributed by atoms with Crippen molar-refractivity contribution >= 4 is 0 Å². The standard InChI is InChI=1S/C14H30N2/c1-7-11(3)13(5)16-10-14(6,8-2)15-9-12(16)4/h11-13,15H,7-10H2,1-6H3. The van der Waals surface area contributed by atoms with Crippen LogP contribution < -0.4 is 5.32 Å². The summed E-state index contributed by atoms with van der Waals surface area (Å²) in [6.07, 6.45) is 2.49. The predicted octanol–water partition coefficient (Wildman–Crippen LogP) is 2.88. The number of rotatable bonds is 4. The molecule has 96 valence electrons. The molecule has 1 saturated heterocycles. The van der Waals surface area contributed by atoms with Gasteiger partial charge in [-0.3, -0.25) is 4.90 Å². The van der Waals surface area contributed by atoms with Gasteiger partial charge in [-0.1, -0.05) is 27.2 Å². The first-order valence-corrected chi connectivity index (χ1v) is 6.94. The maximum absolute atomic E-state index is 3.70. The van der Waals surface area contributed by atoms with E-state index in [1.807, 2.05) is 0 Å². The summed E-state index contributed by atoms with van der Waals surface area (Å²) < 4.78 is 0. The Labute approximate surface area is 102 Å². The fourth-order valence-electron chi connectivity index (χ4n) is 2.58. The largest absolute Gasteiger partial charge is 0.309 e. The summed E-state index contributed by atoms with van der Waals surface area (Å²) in [5, 5.41) is 3.70. The molecule has 16 heavy (non-hydrogen) atoms. The molecular weight excluding hydrogens is 196 g/mol. The van der Waals surface area contributed by atoms with Crippen LogP contribution in [0.2, 0.25) is 0 Å². The molecule has 0 aromatic rings. The van der Waals surface area contributed by atoms with Crippen molar-refractivity contribution in [3.63, 3.8) is 0 Å². The van der Waals surface area contributed by atoms with Crippen molar-refractivity contribution in [1.82, 2.24) is 10.2 Å². The highest BCUT2D eigenvalue weighted by Gasteiger charge is 2.35. The highest BCUT2D eigenvalue weighted by molar-refractivity contribution is 4.95. The monoisotopic (exact) mass is 226 g/mol. The number of piperazine rings is 1. The van der Waals surface area contributed by atoms with Crippen LogP contribution in [0.1, 0.15) is 54.4 Å². The molecule has 1 fully saturated rings. The van der Waals surface area contributed by atoms with E-state index in [1.54, 1.807) is 0 Å². The van der Waals surface area contributed by atoms with Crippen molar-refractivity contribution in [2.75, 3.05) is 13.1 Å². The molecule has 0 aromatic heterocycles. The Hall–Kier alpha value is -0.0800. The van der Waals surface area contributed by atoms with E-state index >= 15 is 0 Å². The van der Waals surface area contributed by atoms with Crippen molar-refractivity contribution in [3.8, 4) is 0 Å². The van der Waals surface area contributed by atoms with Crippen LogP contribution in [0.25, 0.3) is 0 Å². The van der Waals surface area contributed by atoms with Crippen LogP contribution in [0.3, 0.4) is 0 Å². The van der Waals surface area contributed by atoms with E-state index in [2.05, 4.69) is 51.8 Å². The van der Waals surface area contributed by atoms with Crippen LogP contribution >= 0.6 is 0 Å². The lowest BCUT2D eigenvalue weighted by molar-refractivity contribution is 0.0389. The zero-order valence-electron chi connectivity index (χ0n) is 12.0. The minimum Gasteiger partial charge on any atom is -0.309 e. The molecule has 0 amide bonds. The Bertz CT molecular complexity index is 217. The number of hydrogen-bond donors (Lipinski definition) is 1. The first kappa shape index (κ1) is 14.0. The third kappa shape index (κ3) is 2.98. The lowest BCUT2D eigenvalue weighted by atomic mass is 9.90. The molecule has 0 aromatic carbocycles. The van der Waals surface area contributed by atoms with Gasteiger partial charge in [0.1, 0.15) is 0 Å². The summed E-state index contributed by atoms with van der Waals surface area (Å²) in [6, 6.07) is 1.37. The van der Waals surface area contributed by atoms with Gasteiger partial charge in [0.05, 0.1) is 0 Å². The SMILES string of the molecule is CCC(C)C(C)N1CC(C)(CC)NCC1C. The van der Waals surface area contributed by atoms with Gasteiger partial charge in [-0.15, -0.1) is 0 Å². The summed E-state index contributed by atoms with van der Waals surface area (Å²) in [5.41, 5.74) is 0.314. The van der Waals surface area contributed by atoms with Gasteiger partial charge in [0.25, 0.3) is 0 Å². The highest BCUT2D eigenvalue weighted by Crippen LogP contribution is 2.24. The second kappa shape index (κ2) is 5.50. The fraction of sp³-hybridized carbons (Fsp3) is 1.00. The topological polar surface area (TPSA) is 15.3 Å². The van der Waals surface area contributed by atoms with E-state index in [4.69, 9.17) is 0 Å². The summed E-state index contributed by atoms with van der Waals surface area (Å²) >= 11 is 0. The maximum atomic E-state index is 3.70. The average Bonchev–Trinajstić information content (AvgIpc) is 2.30. The van der Waals surface area contributed by atoms with Gasteiger partial charge in [-0.05, 0) is 33.1 Å². The first-order chi connectivity index (χ1) is 7.43. The van der Waals surface area contributed by atoms with Crippen LogP contribution in [0.4, 0.5) is 0 Å². The Kier molecular flexibility index (Phi) is 4.81. The van der Waals surface area contributed by atoms with Crippen molar-refractivity contribution < 1.29 is 0 Å². The number of nitrogens with zero attached hydrogens (tertiary/aromatic N) is 1. The Morgan fingerprint density at radius 2 is 2.00 bits per heavy atom. The van der Waals surface area contributed by atoms with E-state index in [9.17, 15) is 0 Å². The average molecular weight is 226 g/mol. The molecule has 0 saturated carbocycles. The lowest BCUT2D eigenvalue weighted by Gasteiger charge is -2.48. The van der Waals surface area contributed by atoms with E-state index in [0.29, 0.717) is 17.6 Å². The molecule has 1 rings (SSSR count). The molecule has 0 spiro atoms. The van der Waals surface area contributed by atoms with Crippen LogP contribution in [-0.4, -0.2) is 35.6 Å². The van der Waals surface area contributed by atoms with Gasteiger partial charge in [0.15, 0.2) is 0 Å². The Morgan fingerprint density at radius 1 is 1.38 bits per heavy atom. The van der Waals surface area contributed by atoms with E-state index in [-0.39, 0.29) is 0 Å². The summed E-state index contributed by atoms with van der Waals surface area (Å²) in [4.78, 5) is 2.70. The molecule has 1 aliphatic rings. The summed E-state index contributed by atoms with van der Waals surface area (Å²) in [5.74, 6) is 0.793. The third-order valence-electron chi connectivity index (χ3n) is 4.69. The van der Waals surface area contributed by atoms with Crippen LogP contribution in [0.15, 0.2) is 0 Å². The van der Waals surface area contributed by atoms with Gasteiger partial charge in [-0.25, -0.2) is 0 Å². The van der Waals surface area contributed by atoms with Crippen molar-refractivity contribution in [2.24, 2.45) is 5.92 Å². The Morgan fingerprint density at radius 3 is 2.50 bits per heavy atom. The van der Waals surface area contributed by atoms with Crippen molar-refractivity contribution in [1.29, 1.82) is 0 Å². The minimum atomic E-state index is 0.314. The van der Waals surface area contributed by atoms with E-state index < -0.39 is 0 Å². The van der Waals surface area contributed by atoms with Gasteiger partial charge < -0.3 is 5.32 Å². The van der Waals surface area contributed by atoms with Crippen LogP contribution in [-0.2, 0) is 0 Å². The molecule has 4 atom stereocenters. The lowest BCUT2D eigenvalue weighted by Crippen LogP contribution is -2.64. The van der Waals surface area contributed by atoms with Crippen molar-refractivity contribution in [3.05, 3.63) is 0 Å². The smallest absolute Gasteiger partial charge is 0.0278 e. The van der Waals surface area contributed by atoms with Crippen molar-refractivity contribution in [2.45, 2.75) is 72.0 Å². The van der Waals surface area contributed by atoms with E-state index in [1.165, 1.54) is 19.4 Å². The van der Waals surface area contributed by atoms with Gasteiger partial charge in [0, 0.05) is 30.7 Å².